The van der Waals surface area contributed by atoms with Crippen LogP contribution < -0.4 is 0 Å². The molecule has 70 valence electrons. The SMILES string of the molecule is CC(C)N1C[C@@H](C)N(C)CC1=O. The fraction of sp³-hybridized carbons (Fsp3) is 0.889. The van der Waals surface area contributed by atoms with Crippen molar-refractivity contribution in [1.82, 2.24) is 9.80 Å². The van der Waals surface area contributed by atoms with Gasteiger partial charge >= 0.3 is 0 Å². The molecule has 0 spiro atoms. The average molecular weight is 170 g/mol. The summed E-state index contributed by atoms with van der Waals surface area (Å²) in [6.07, 6.45) is 0. The van der Waals surface area contributed by atoms with Crippen LogP contribution in [0.15, 0.2) is 0 Å². The van der Waals surface area contributed by atoms with Crippen LogP contribution in [0.5, 0.6) is 0 Å². The van der Waals surface area contributed by atoms with Gasteiger partial charge in [0.15, 0.2) is 0 Å². The highest BCUT2D eigenvalue weighted by Crippen LogP contribution is 2.10. The number of piperazine rings is 1. The minimum atomic E-state index is 0.255. The third-order valence-electron chi connectivity index (χ3n) is 2.54. The molecule has 0 radical (unpaired) electrons. The van der Waals surface area contributed by atoms with Crippen LogP contribution in [0.2, 0.25) is 0 Å². The van der Waals surface area contributed by atoms with Crippen molar-refractivity contribution < 1.29 is 4.79 Å². The fourth-order valence-corrected chi connectivity index (χ4v) is 1.48. The zero-order valence-electron chi connectivity index (χ0n) is 8.37. The number of hydrogen-bond acceptors (Lipinski definition) is 2. The lowest BCUT2D eigenvalue weighted by atomic mass is 10.1. The molecule has 1 rings (SSSR count). The Hall–Kier alpha value is -0.570. The number of carbonyl (C=O) groups excluding carboxylic acids is 1. The largest absolute Gasteiger partial charge is 0.338 e. The Labute approximate surface area is 74.3 Å². The topological polar surface area (TPSA) is 23.6 Å². The molecule has 1 fully saturated rings. The van der Waals surface area contributed by atoms with Crippen LogP contribution in [-0.2, 0) is 4.79 Å². The fourth-order valence-electron chi connectivity index (χ4n) is 1.48. The lowest BCUT2D eigenvalue weighted by Crippen LogP contribution is -2.55. The van der Waals surface area contributed by atoms with Gasteiger partial charge in [-0.3, -0.25) is 9.69 Å². The van der Waals surface area contributed by atoms with Crippen LogP contribution in [-0.4, -0.2) is 47.9 Å². The van der Waals surface area contributed by atoms with E-state index < -0.39 is 0 Å². The third-order valence-corrected chi connectivity index (χ3v) is 2.54. The van der Waals surface area contributed by atoms with Crippen molar-refractivity contribution in [3.05, 3.63) is 0 Å². The summed E-state index contributed by atoms with van der Waals surface area (Å²) in [6, 6.07) is 0.832. The van der Waals surface area contributed by atoms with E-state index in [2.05, 4.69) is 25.7 Å². The summed E-state index contributed by atoms with van der Waals surface area (Å²) >= 11 is 0. The van der Waals surface area contributed by atoms with Crippen molar-refractivity contribution in [2.45, 2.75) is 32.9 Å². The van der Waals surface area contributed by atoms with Crippen LogP contribution in [0.4, 0.5) is 0 Å². The Balaban J connectivity index is 2.62. The molecular formula is C9H18N2O. The standard InChI is InChI=1S/C9H18N2O/c1-7(2)11-5-8(3)10(4)6-9(11)12/h7-8H,5-6H2,1-4H3/t8-/m1/s1. The van der Waals surface area contributed by atoms with Gasteiger partial charge in [-0.25, -0.2) is 0 Å². The Bertz CT molecular complexity index is 179. The van der Waals surface area contributed by atoms with Crippen LogP contribution in [0.1, 0.15) is 20.8 Å². The molecule has 0 bridgehead atoms. The molecule has 1 atom stereocenters. The first-order valence-corrected chi connectivity index (χ1v) is 4.52. The summed E-state index contributed by atoms with van der Waals surface area (Å²) < 4.78 is 0. The molecule has 12 heavy (non-hydrogen) atoms. The van der Waals surface area contributed by atoms with E-state index in [1.807, 2.05) is 11.9 Å². The predicted molar refractivity (Wildman–Crippen MR) is 48.9 cm³/mol. The minimum absolute atomic E-state index is 0.255. The molecule has 0 aromatic heterocycles. The quantitative estimate of drug-likeness (QED) is 0.574. The van der Waals surface area contributed by atoms with Gasteiger partial charge in [-0.1, -0.05) is 0 Å². The molecule has 0 aromatic rings. The predicted octanol–water partition coefficient (Wildman–Crippen LogP) is 0.557. The first-order valence-electron chi connectivity index (χ1n) is 4.52. The third kappa shape index (κ3) is 1.78. The molecule has 0 N–H and O–H groups in total. The van der Waals surface area contributed by atoms with Crippen LogP contribution >= 0.6 is 0 Å². The second kappa shape index (κ2) is 3.44. The summed E-state index contributed by atoms with van der Waals surface area (Å²) in [5.41, 5.74) is 0. The summed E-state index contributed by atoms with van der Waals surface area (Å²) in [7, 11) is 2.00. The Kier molecular flexibility index (Phi) is 2.73. The lowest BCUT2D eigenvalue weighted by Gasteiger charge is -2.39. The highest BCUT2D eigenvalue weighted by Gasteiger charge is 2.27. The monoisotopic (exact) mass is 170 g/mol. The Morgan fingerprint density at radius 3 is 2.58 bits per heavy atom. The van der Waals surface area contributed by atoms with Crippen molar-refractivity contribution >= 4 is 5.91 Å². The second-order valence-electron chi connectivity index (χ2n) is 3.90. The molecule has 0 unspecified atom stereocenters. The molecule has 3 heteroatoms. The van der Waals surface area contributed by atoms with E-state index in [-0.39, 0.29) is 5.91 Å². The zero-order chi connectivity index (χ0) is 9.30. The number of likely N-dealkylation sites (N-methyl/N-ethyl adjacent to an activating group) is 1. The maximum atomic E-state index is 11.5. The summed E-state index contributed by atoms with van der Waals surface area (Å²) in [5.74, 6) is 0.255. The number of rotatable bonds is 1. The van der Waals surface area contributed by atoms with Gasteiger partial charge < -0.3 is 4.90 Å². The molecule has 0 aliphatic carbocycles. The van der Waals surface area contributed by atoms with E-state index >= 15 is 0 Å². The maximum Gasteiger partial charge on any atom is 0.237 e. The van der Waals surface area contributed by atoms with Gasteiger partial charge in [-0.15, -0.1) is 0 Å². The van der Waals surface area contributed by atoms with Gasteiger partial charge in [0.25, 0.3) is 0 Å². The van der Waals surface area contributed by atoms with Crippen molar-refractivity contribution in [2.24, 2.45) is 0 Å². The van der Waals surface area contributed by atoms with Gasteiger partial charge in [0.1, 0.15) is 0 Å². The zero-order valence-corrected chi connectivity index (χ0v) is 8.37. The van der Waals surface area contributed by atoms with E-state index in [9.17, 15) is 4.79 Å². The van der Waals surface area contributed by atoms with E-state index in [1.54, 1.807) is 0 Å². The molecule has 1 saturated heterocycles. The highest BCUT2D eigenvalue weighted by atomic mass is 16.2. The van der Waals surface area contributed by atoms with Crippen molar-refractivity contribution in [2.75, 3.05) is 20.1 Å². The van der Waals surface area contributed by atoms with Crippen molar-refractivity contribution in [3.63, 3.8) is 0 Å². The molecule has 1 heterocycles. The molecular weight excluding hydrogens is 152 g/mol. The summed E-state index contributed by atoms with van der Waals surface area (Å²) in [4.78, 5) is 15.5. The molecule has 1 aliphatic rings. The number of amides is 1. The molecule has 1 amide bonds. The molecule has 3 nitrogen and oxygen atoms in total. The average Bonchev–Trinajstić information content (AvgIpc) is 1.96. The second-order valence-corrected chi connectivity index (χ2v) is 3.90. The summed E-state index contributed by atoms with van der Waals surface area (Å²) in [6.45, 7) is 7.72. The highest BCUT2D eigenvalue weighted by molar-refractivity contribution is 5.79. The van der Waals surface area contributed by atoms with Crippen molar-refractivity contribution in [3.8, 4) is 0 Å². The number of hydrogen-bond donors (Lipinski definition) is 0. The normalized spacial score (nSPS) is 26.9. The van der Waals surface area contributed by atoms with Crippen LogP contribution in [0.25, 0.3) is 0 Å². The van der Waals surface area contributed by atoms with Gasteiger partial charge in [-0.05, 0) is 27.8 Å². The number of nitrogens with zero attached hydrogens (tertiary/aromatic N) is 2. The van der Waals surface area contributed by atoms with Crippen LogP contribution in [0.3, 0.4) is 0 Å². The molecule has 0 saturated carbocycles. The van der Waals surface area contributed by atoms with E-state index in [0.29, 0.717) is 18.6 Å². The first kappa shape index (κ1) is 9.52. The smallest absolute Gasteiger partial charge is 0.237 e. The van der Waals surface area contributed by atoms with Gasteiger partial charge in [0.2, 0.25) is 5.91 Å². The van der Waals surface area contributed by atoms with Crippen molar-refractivity contribution in [1.29, 1.82) is 0 Å². The maximum absolute atomic E-state index is 11.5. The minimum Gasteiger partial charge on any atom is -0.338 e. The Morgan fingerprint density at radius 2 is 2.08 bits per heavy atom. The first-order chi connectivity index (χ1) is 5.52. The molecule has 1 aliphatic heterocycles. The van der Waals surface area contributed by atoms with Crippen LogP contribution in [0, 0.1) is 0 Å². The van der Waals surface area contributed by atoms with Gasteiger partial charge in [-0.2, -0.15) is 0 Å². The molecule has 0 aromatic carbocycles. The summed E-state index contributed by atoms with van der Waals surface area (Å²) in [5, 5.41) is 0. The number of carbonyl (C=O) groups is 1. The Morgan fingerprint density at radius 1 is 1.50 bits per heavy atom. The van der Waals surface area contributed by atoms with Gasteiger partial charge in [0, 0.05) is 18.6 Å². The van der Waals surface area contributed by atoms with E-state index in [0.717, 1.165) is 6.54 Å². The lowest BCUT2D eigenvalue weighted by molar-refractivity contribution is -0.139. The van der Waals surface area contributed by atoms with E-state index in [4.69, 9.17) is 0 Å². The van der Waals surface area contributed by atoms with Gasteiger partial charge in [0.05, 0.1) is 6.54 Å². The van der Waals surface area contributed by atoms with E-state index in [1.165, 1.54) is 0 Å².